The quantitative estimate of drug-likeness (QED) is 0.528. The number of hydrogen-bond donors (Lipinski definition) is 0. The number of fused-ring (bicyclic) bond motifs is 1. The highest BCUT2D eigenvalue weighted by Crippen LogP contribution is 2.52. The molecule has 2 aliphatic rings. The van der Waals surface area contributed by atoms with Crippen molar-refractivity contribution in [3.05, 3.63) is 36.3 Å². The summed E-state index contributed by atoms with van der Waals surface area (Å²) in [6.45, 7) is 1.30. The molecule has 12 heteroatoms. The lowest BCUT2D eigenvalue weighted by Gasteiger charge is -2.59. The Labute approximate surface area is 179 Å². The van der Waals surface area contributed by atoms with Gasteiger partial charge >= 0.3 is 6.18 Å². The summed E-state index contributed by atoms with van der Waals surface area (Å²) < 4.78 is 70.3. The normalized spacial score (nSPS) is 18.2. The molecular formula is C20H19F5N6O. The van der Waals surface area contributed by atoms with Gasteiger partial charge in [-0.15, -0.1) is 0 Å². The van der Waals surface area contributed by atoms with Crippen molar-refractivity contribution in [3.8, 4) is 5.88 Å². The van der Waals surface area contributed by atoms with E-state index in [4.69, 9.17) is 4.74 Å². The Hall–Kier alpha value is -3.05. The second-order valence-corrected chi connectivity index (χ2v) is 8.45. The van der Waals surface area contributed by atoms with E-state index < -0.39 is 24.8 Å². The van der Waals surface area contributed by atoms with Crippen LogP contribution >= 0.6 is 0 Å². The number of aromatic nitrogens is 5. The van der Waals surface area contributed by atoms with Crippen LogP contribution in [-0.2, 0) is 12.7 Å². The molecule has 32 heavy (non-hydrogen) atoms. The van der Waals surface area contributed by atoms with Gasteiger partial charge in [-0.05, 0) is 24.8 Å². The van der Waals surface area contributed by atoms with Crippen molar-refractivity contribution in [3.63, 3.8) is 0 Å². The minimum absolute atomic E-state index is 0.0278. The summed E-state index contributed by atoms with van der Waals surface area (Å²) in [5.41, 5.74) is -0.0524. The van der Waals surface area contributed by atoms with Gasteiger partial charge in [-0.3, -0.25) is 0 Å². The molecule has 3 aromatic heterocycles. The third-order valence-corrected chi connectivity index (χ3v) is 5.94. The molecule has 2 fully saturated rings. The Kier molecular flexibility index (Phi) is 4.90. The molecule has 0 aromatic carbocycles. The highest BCUT2D eigenvalue weighted by Gasteiger charge is 2.52. The van der Waals surface area contributed by atoms with Gasteiger partial charge < -0.3 is 9.64 Å². The van der Waals surface area contributed by atoms with Gasteiger partial charge in [-0.25, -0.2) is 28.4 Å². The summed E-state index contributed by atoms with van der Waals surface area (Å²) in [5, 5.41) is 3.92. The predicted octanol–water partition coefficient (Wildman–Crippen LogP) is 3.80. The smallest absolute Gasteiger partial charge is 0.433 e. The summed E-state index contributed by atoms with van der Waals surface area (Å²) >= 11 is 0. The van der Waals surface area contributed by atoms with E-state index in [1.54, 1.807) is 6.20 Å². The Morgan fingerprint density at radius 3 is 2.62 bits per heavy atom. The van der Waals surface area contributed by atoms with Crippen molar-refractivity contribution in [2.24, 2.45) is 11.3 Å². The third kappa shape index (κ3) is 3.93. The average Bonchev–Trinajstić information content (AvgIpc) is 3.06. The fourth-order valence-corrected chi connectivity index (χ4v) is 4.58. The molecular weight excluding hydrogens is 435 g/mol. The van der Waals surface area contributed by atoms with Crippen LogP contribution in [0.25, 0.3) is 11.2 Å². The van der Waals surface area contributed by atoms with E-state index in [9.17, 15) is 22.0 Å². The number of halogens is 5. The number of nitrogens with zero attached hydrogens (tertiary/aromatic N) is 6. The van der Waals surface area contributed by atoms with E-state index in [0.29, 0.717) is 23.6 Å². The van der Waals surface area contributed by atoms with Crippen LogP contribution in [0.1, 0.15) is 18.5 Å². The number of anilines is 1. The average molecular weight is 454 g/mol. The van der Waals surface area contributed by atoms with Crippen molar-refractivity contribution in [2.75, 3.05) is 24.6 Å². The SMILES string of the molecule is FC(F)Cn1ncc2ncc(N3CC4(CC(COc5cccc(C(F)(F)F)n5)C4)C3)nc21. The molecule has 1 saturated carbocycles. The first-order valence-electron chi connectivity index (χ1n) is 10.1. The Morgan fingerprint density at radius 1 is 1.12 bits per heavy atom. The number of hydrogen-bond acceptors (Lipinski definition) is 6. The first kappa shape index (κ1) is 20.8. The van der Waals surface area contributed by atoms with Gasteiger partial charge in [0.1, 0.15) is 23.6 Å². The van der Waals surface area contributed by atoms with Crippen LogP contribution in [0.3, 0.4) is 0 Å². The lowest BCUT2D eigenvalue weighted by molar-refractivity contribution is -0.141. The summed E-state index contributed by atoms with van der Waals surface area (Å²) in [6, 6.07) is 3.61. The molecule has 3 aromatic rings. The molecule has 170 valence electrons. The van der Waals surface area contributed by atoms with Crippen LogP contribution in [0.15, 0.2) is 30.6 Å². The molecule has 0 atom stereocenters. The van der Waals surface area contributed by atoms with Crippen LogP contribution in [0.2, 0.25) is 0 Å². The maximum Gasteiger partial charge on any atom is 0.433 e. The van der Waals surface area contributed by atoms with Gasteiger partial charge in [0.2, 0.25) is 5.88 Å². The first-order chi connectivity index (χ1) is 15.2. The van der Waals surface area contributed by atoms with Crippen molar-refractivity contribution >= 4 is 17.0 Å². The number of rotatable bonds is 6. The highest BCUT2D eigenvalue weighted by atomic mass is 19.4. The van der Waals surface area contributed by atoms with Gasteiger partial charge in [0.25, 0.3) is 6.43 Å². The fourth-order valence-electron chi connectivity index (χ4n) is 4.58. The second-order valence-electron chi connectivity index (χ2n) is 8.45. The van der Waals surface area contributed by atoms with E-state index in [1.165, 1.54) is 18.3 Å². The standard InChI is InChI=1S/C20H19F5N6O/c21-15(22)8-31-18-13(6-27-31)26-7-16(29-18)30-10-19(11-30)4-12(5-19)9-32-17-3-1-2-14(28-17)20(23,24)25/h1-3,6-7,12,15H,4-5,8-11H2. The molecule has 1 spiro atoms. The van der Waals surface area contributed by atoms with E-state index in [-0.39, 0.29) is 17.2 Å². The van der Waals surface area contributed by atoms with Gasteiger partial charge in [-0.2, -0.15) is 18.3 Å². The van der Waals surface area contributed by atoms with Gasteiger partial charge in [0.15, 0.2) is 5.65 Å². The summed E-state index contributed by atoms with van der Waals surface area (Å²) in [4.78, 5) is 14.3. The van der Waals surface area contributed by atoms with E-state index in [0.717, 1.165) is 36.7 Å². The third-order valence-electron chi connectivity index (χ3n) is 5.94. The largest absolute Gasteiger partial charge is 0.477 e. The van der Waals surface area contributed by atoms with E-state index >= 15 is 0 Å². The van der Waals surface area contributed by atoms with Crippen molar-refractivity contribution in [2.45, 2.75) is 32.0 Å². The zero-order valence-electron chi connectivity index (χ0n) is 16.8. The Bertz CT molecular complexity index is 1120. The number of pyridine rings is 1. The lowest BCUT2D eigenvalue weighted by atomic mass is 9.58. The van der Waals surface area contributed by atoms with Gasteiger partial charge in [-0.1, -0.05) is 6.07 Å². The van der Waals surface area contributed by atoms with Crippen molar-refractivity contribution in [1.82, 2.24) is 24.7 Å². The van der Waals surface area contributed by atoms with Crippen molar-refractivity contribution < 1.29 is 26.7 Å². The zero-order chi connectivity index (χ0) is 22.5. The molecule has 1 saturated heterocycles. The molecule has 1 aliphatic carbocycles. The molecule has 0 unspecified atom stereocenters. The highest BCUT2D eigenvalue weighted by molar-refractivity contribution is 5.71. The van der Waals surface area contributed by atoms with Crippen LogP contribution in [0, 0.1) is 11.3 Å². The topological polar surface area (TPSA) is 69.0 Å². The van der Waals surface area contributed by atoms with Gasteiger partial charge in [0, 0.05) is 24.6 Å². The maximum absolute atomic E-state index is 12.8. The molecule has 0 N–H and O–H groups in total. The zero-order valence-corrected chi connectivity index (χ0v) is 16.8. The summed E-state index contributed by atoms with van der Waals surface area (Å²) in [6.07, 6.45) is -2.22. The maximum atomic E-state index is 12.8. The molecule has 4 heterocycles. The van der Waals surface area contributed by atoms with Crippen LogP contribution in [-0.4, -0.2) is 50.9 Å². The van der Waals surface area contributed by atoms with Gasteiger partial charge in [0.05, 0.1) is 19.0 Å². The van der Waals surface area contributed by atoms with Crippen LogP contribution in [0.5, 0.6) is 5.88 Å². The minimum atomic E-state index is -4.50. The molecule has 1 aliphatic heterocycles. The minimum Gasteiger partial charge on any atom is -0.477 e. The second kappa shape index (κ2) is 7.52. The summed E-state index contributed by atoms with van der Waals surface area (Å²) in [5.74, 6) is 0.835. The van der Waals surface area contributed by atoms with Crippen LogP contribution in [0.4, 0.5) is 27.8 Å². The molecule has 0 bridgehead atoms. The van der Waals surface area contributed by atoms with E-state index in [2.05, 4.69) is 20.1 Å². The monoisotopic (exact) mass is 454 g/mol. The number of ether oxygens (including phenoxy) is 1. The van der Waals surface area contributed by atoms with E-state index in [1.807, 2.05) is 4.90 Å². The fraction of sp³-hybridized carbons (Fsp3) is 0.500. The summed E-state index contributed by atoms with van der Waals surface area (Å²) in [7, 11) is 0. The lowest BCUT2D eigenvalue weighted by Crippen LogP contribution is -2.63. The Morgan fingerprint density at radius 2 is 1.91 bits per heavy atom. The Balaban J connectivity index is 1.14. The van der Waals surface area contributed by atoms with Crippen molar-refractivity contribution in [1.29, 1.82) is 0 Å². The molecule has 5 rings (SSSR count). The van der Waals surface area contributed by atoms with Crippen LogP contribution < -0.4 is 9.64 Å². The molecule has 0 radical (unpaired) electrons. The molecule has 0 amide bonds. The number of alkyl halides is 5. The first-order valence-corrected chi connectivity index (χ1v) is 10.1. The predicted molar refractivity (Wildman–Crippen MR) is 103 cm³/mol. The molecule has 7 nitrogen and oxygen atoms in total.